The fraction of sp³-hybridized carbons (Fsp3) is 0.250. The number of benzene rings is 2. The normalized spacial score (nSPS) is 20.4. The van der Waals surface area contributed by atoms with E-state index in [9.17, 15) is 4.79 Å². The van der Waals surface area contributed by atoms with Crippen LogP contribution in [0.3, 0.4) is 0 Å². The maximum atomic E-state index is 12.5. The van der Waals surface area contributed by atoms with Gasteiger partial charge in [0.05, 0.1) is 16.1 Å². The molecule has 0 aliphatic carbocycles. The van der Waals surface area contributed by atoms with Crippen molar-refractivity contribution in [2.75, 3.05) is 11.9 Å². The van der Waals surface area contributed by atoms with Gasteiger partial charge in [-0.2, -0.15) is 0 Å². The van der Waals surface area contributed by atoms with Crippen molar-refractivity contribution in [3.8, 4) is 0 Å². The van der Waals surface area contributed by atoms with Gasteiger partial charge in [-0.05, 0) is 86.5 Å². The van der Waals surface area contributed by atoms with Crippen LogP contribution in [0.5, 0.6) is 0 Å². The molecule has 6 heteroatoms. The van der Waals surface area contributed by atoms with Crippen LogP contribution in [0.25, 0.3) is 11.6 Å². The molecule has 1 amide bonds. The summed E-state index contributed by atoms with van der Waals surface area (Å²) in [5.74, 6) is -0.137. The van der Waals surface area contributed by atoms with Crippen molar-refractivity contribution in [3.63, 3.8) is 0 Å². The van der Waals surface area contributed by atoms with Crippen LogP contribution in [0.1, 0.15) is 37.5 Å². The highest BCUT2D eigenvalue weighted by atomic mass is 35.5. The molecule has 4 rings (SSSR count). The average Bonchev–Trinajstić information content (AvgIpc) is 3.01. The SMILES string of the molecule is CC1=CC(C)(C)N(C)c2ccc(/C=C3/SC(=Nc4cc(Cl)ccc4C)NC3=O)cc21. The molecule has 2 heterocycles. The Morgan fingerprint density at radius 3 is 2.70 bits per heavy atom. The summed E-state index contributed by atoms with van der Waals surface area (Å²) in [4.78, 5) is 20.0. The zero-order chi connectivity index (χ0) is 21.6. The summed E-state index contributed by atoms with van der Waals surface area (Å²) in [6.07, 6.45) is 4.20. The lowest BCUT2D eigenvalue weighted by Crippen LogP contribution is -2.42. The number of likely N-dealkylation sites (N-methyl/N-ethyl adjacent to an activating group) is 1. The van der Waals surface area contributed by atoms with E-state index in [4.69, 9.17) is 11.6 Å². The highest BCUT2D eigenvalue weighted by molar-refractivity contribution is 8.18. The van der Waals surface area contributed by atoms with Crippen molar-refractivity contribution in [2.45, 2.75) is 33.2 Å². The molecule has 2 aliphatic heterocycles. The molecule has 2 aliphatic rings. The fourth-order valence-electron chi connectivity index (χ4n) is 3.71. The van der Waals surface area contributed by atoms with Crippen LogP contribution in [0.15, 0.2) is 52.4 Å². The first-order valence-electron chi connectivity index (χ1n) is 9.77. The standard InChI is InChI=1S/C24H24ClN3OS/c1-14-6-8-17(25)12-19(14)26-23-27-22(29)21(30-23)11-16-7-9-20-18(10-16)15(2)13-24(3,4)28(20)5/h6-13H,1-5H3,(H,26,27,29)/b21-11+. The number of aliphatic imine (C=N–C) groups is 1. The summed E-state index contributed by atoms with van der Waals surface area (Å²) in [5.41, 5.74) is 6.36. The lowest BCUT2D eigenvalue weighted by Gasteiger charge is -2.40. The molecule has 1 saturated heterocycles. The van der Waals surface area contributed by atoms with E-state index in [0.717, 1.165) is 16.8 Å². The van der Waals surface area contributed by atoms with Gasteiger partial charge in [-0.25, -0.2) is 4.99 Å². The maximum Gasteiger partial charge on any atom is 0.264 e. The average molecular weight is 438 g/mol. The van der Waals surface area contributed by atoms with Gasteiger partial charge < -0.3 is 10.2 Å². The third-order valence-electron chi connectivity index (χ3n) is 5.58. The second kappa shape index (κ2) is 7.64. The van der Waals surface area contributed by atoms with Gasteiger partial charge in [-0.15, -0.1) is 0 Å². The molecular formula is C24H24ClN3OS. The topological polar surface area (TPSA) is 44.7 Å². The second-order valence-electron chi connectivity index (χ2n) is 8.23. The van der Waals surface area contributed by atoms with Crippen molar-refractivity contribution < 1.29 is 4.79 Å². The molecule has 0 radical (unpaired) electrons. The van der Waals surface area contributed by atoms with E-state index >= 15 is 0 Å². The second-order valence-corrected chi connectivity index (χ2v) is 9.70. The molecule has 154 valence electrons. The van der Waals surface area contributed by atoms with Crippen molar-refractivity contribution in [1.82, 2.24) is 5.32 Å². The zero-order valence-corrected chi connectivity index (χ0v) is 19.3. The number of hydrogen-bond acceptors (Lipinski definition) is 4. The van der Waals surface area contributed by atoms with Gasteiger partial charge in [0, 0.05) is 23.3 Å². The first-order valence-corrected chi connectivity index (χ1v) is 11.0. The first-order chi connectivity index (χ1) is 14.1. The van der Waals surface area contributed by atoms with Gasteiger partial charge in [-0.3, -0.25) is 4.79 Å². The molecule has 0 bridgehead atoms. The summed E-state index contributed by atoms with van der Waals surface area (Å²) < 4.78 is 0. The fourth-order valence-corrected chi connectivity index (χ4v) is 4.71. The van der Waals surface area contributed by atoms with Crippen molar-refractivity contribution >= 4 is 57.5 Å². The van der Waals surface area contributed by atoms with E-state index < -0.39 is 0 Å². The Hall–Kier alpha value is -2.50. The lowest BCUT2D eigenvalue weighted by atomic mass is 9.88. The minimum atomic E-state index is -0.137. The Bertz CT molecular complexity index is 1150. The van der Waals surface area contributed by atoms with Crippen LogP contribution in [-0.2, 0) is 4.79 Å². The van der Waals surface area contributed by atoms with Gasteiger partial charge in [0.15, 0.2) is 5.17 Å². The molecule has 1 N–H and O–H groups in total. The number of halogens is 1. The van der Waals surface area contributed by atoms with Crippen LogP contribution >= 0.6 is 23.4 Å². The third-order valence-corrected chi connectivity index (χ3v) is 6.73. The molecule has 0 saturated carbocycles. The van der Waals surface area contributed by atoms with E-state index in [-0.39, 0.29) is 11.4 Å². The summed E-state index contributed by atoms with van der Waals surface area (Å²) >= 11 is 7.43. The number of amidine groups is 1. The molecule has 0 unspecified atom stereocenters. The molecule has 2 aromatic rings. The Labute approximate surface area is 186 Å². The Kier molecular flexibility index (Phi) is 5.28. The summed E-state index contributed by atoms with van der Waals surface area (Å²) in [5, 5.41) is 4.03. The number of carbonyl (C=O) groups excluding carboxylic acids is 1. The molecule has 4 nitrogen and oxygen atoms in total. The number of nitrogens with one attached hydrogen (secondary N) is 1. The van der Waals surface area contributed by atoms with E-state index in [2.05, 4.69) is 67.3 Å². The number of allylic oxidation sites excluding steroid dienone is 1. The maximum absolute atomic E-state index is 12.5. The lowest BCUT2D eigenvalue weighted by molar-refractivity contribution is -0.115. The van der Waals surface area contributed by atoms with Crippen LogP contribution in [0, 0.1) is 6.92 Å². The summed E-state index contributed by atoms with van der Waals surface area (Å²) in [6.45, 7) is 8.52. The van der Waals surface area contributed by atoms with E-state index in [1.54, 1.807) is 6.07 Å². The Balaban J connectivity index is 1.63. The van der Waals surface area contributed by atoms with Crippen LogP contribution in [0.2, 0.25) is 5.02 Å². The minimum Gasteiger partial charge on any atom is -0.366 e. The quantitative estimate of drug-likeness (QED) is 0.571. The van der Waals surface area contributed by atoms with Gasteiger partial charge >= 0.3 is 0 Å². The molecule has 1 fully saturated rings. The highest BCUT2D eigenvalue weighted by Crippen LogP contribution is 2.39. The van der Waals surface area contributed by atoms with Crippen molar-refractivity contribution in [2.24, 2.45) is 4.99 Å². The van der Waals surface area contributed by atoms with Crippen LogP contribution in [-0.4, -0.2) is 23.7 Å². The third kappa shape index (κ3) is 3.92. The highest BCUT2D eigenvalue weighted by Gasteiger charge is 2.29. The first kappa shape index (κ1) is 20.8. The van der Waals surface area contributed by atoms with Gasteiger partial charge in [-0.1, -0.05) is 29.8 Å². The van der Waals surface area contributed by atoms with Crippen molar-refractivity contribution in [1.29, 1.82) is 0 Å². The van der Waals surface area contributed by atoms with E-state index in [1.807, 2.05) is 25.1 Å². The van der Waals surface area contributed by atoms with Crippen molar-refractivity contribution in [3.05, 3.63) is 69.1 Å². The number of carbonyl (C=O) groups is 1. The van der Waals surface area contributed by atoms with Gasteiger partial charge in [0.2, 0.25) is 0 Å². The monoisotopic (exact) mass is 437 g/mol. The predicted octanol–water partition coefficient (Wildman–Crippen LogP) is 6.17. The zero-order valence-electron chi connectivity index (χ0n) is 17.7. The summed E-state index contributed by atoms with van der Waals surface area (Å²) in [7, 11) is 2.11. The number of nitrogens with zero attached hydrogens (tertiary/aromatic N) is 2. The Morgan fingerprint density at radius 2 is 1.93 bits per heavy atom. The molecule has 0 spiro atoms. The van der Waals surface area contributed by atoms with Gasteiger partial charge in [0.1, 0.15) is 0 Å². The van der Waals surface area contributed by atoms with E-state index in [0.29, 0.717) is 15.1 Å². The van der Waals surface area contributed by atoms with Gasteiger partial charge in [0.25, 0.3) is 5.91 Å². The predicted molar refractivity (Wildman–Crippen MR) is 130 cm³/mol. The largest absolute Gasteiger partial charge is 0.366 e. The molecule has 2 aromatic carbocycles. The molecular weight excluding hydrogens is 414 g/mol. The number of rotatable bonds is 2. The molecule has 0 aromatic heterocycles. The number of amides is 1. The Morgan fingerprint density at radius 1 is 1.17 bits per heavy atom. The number of hydrogen-bond donors (Lipinski definition) is 1. The number of anilines is 1. The van der Waals surface area contributed by atoms with E-state index in [1.165, 1.54) is 28.6 Å². The number of aryl methyl sites for hydroxylation is 1. The summed E-state index contributed by atoms with van der Waals surface area (Å²) in [6, 6.07) is 11.9. The van der Waals surface area contributed by atoms with Crippen LogP contribution in [0.4, 0.5) is 11.4 Å². The number of fused-ring (bicyclic) bond motifs is 1. The number of thioether (sulfide) groups is 1. The van der Waals surface area contributed by atoms with Crippen LogP contribution < -0.4 is 10.2 Å². The molecule has 0 atom stereocenters. The smallest absolute Gasteiger partial charge is 0.264 e. The molecule has 30 heavy (non-hydrogen) atoms. The minimum absolute atomic E-state index is 0.0257.